The van der Waals surface area contributed by atoms with Crippen LogP contribution in [0.2, 0.25) is 0 Å². The first-order valence-electron chi connectivity index (χ1n) is 7.77. The number of likely N-dealkylation sites (N-methyl/N-ethyl adjacent to an activating group) is 1. The summed E-state index contributed by atoms with van der Waals surface area (Å²) >= 11 is 0. The van der Waals surface area contributed by atoms with Gasteiger partial charge >= 0.3 is 0 Å². The van der Waals surface area contributed by atoms with Crippen molar-refractivity contribution in [2.24, 2.45) is 0 Å². The van der Waals surface area contributed by atoms with Gasteiger partial charge < -0.3 is 10.2 Å². The number of nitrogens with one attached hydrogen (secondary N) is 3. The van der Waals surface area contributed by atoms with E-state index in [0.29, 0.717) is 0 Å². The molecule has 0 saturated carbocycles. The SMILES string of the molecule is C[NH+](C)CCNc1cc(-c2ccccc2)[nH+]c2ccccc12. The fourth-order valence-corrected chi connectivity index (χ4v) is 2.60. The first kappa shape index (κ1) is 14.5. The number of quaternary nitrogens is 1. The second kappa shape index (κ2) is 6.58. The van der Waals surface area contributed by atoms with E-state index >= 15 is 0 Å². The van der Waals surface area contributed by atoms with E-state index in [1.54, 1.807) is 0 Å². The molecule has 0 unspecified atom stereocenters. The third-order valence-electron chi connectivity index (χ3n) is 3.80. The zero-order valence-electron chi connectivity index (χ0n) is 13.2. The molecule has 3 nitrogen and oxygen atoms in total. The Morgan fingerprint density at radius 3 is 2.45 bits per heavy atom. The lowest BCUT2D eigenvalue weighted by atomic mass is 10.1. The summed E-state index contributed by atoms with van der Waals surface area (Å²) in [6.07, 6.45) is 0. The first-order chi connectivity index (χ1) is 10.7. The van der Waals surface area contributed by atoms with Crippen molar-refractivity contribution < 1.29 is 9.88 Å². The minimum absolute atomic E-state index is 0.963. The molecule has 3 N–H and O–H groups in total. The van der Waals surface area contributed by atoms with E-state index in [0.717, 1.165) is 24.3 Å². The summed E-state index contributed by atoms with van der Waals surface area (Å²) in [5, 5.41) is 4.82. The molecule has 0 atom stereocenters. The van der Waals surface area contributed by atoms with E-state index in [-0.39, 0.29) is 0 Å². The molecule has 22 heavy (non-hydrogen) atoms. The number of benzene rings is 2. The molecule has 1 heterocycles. The number of fused-ring (bicyclic) bond motifs is 1. The monoisotopic (exact) mass is 293 g/mol. The van der Waals surface area contributed by atoms with Crippen molar-refractivity contribution in [2.45, 2.75) is 0 Å². The Morgan fingerprint density at radius 1 is 0.955 bits per heavy atom. The summed E-state index contributed by atoms with van der Waals surface area (Å²) in [5.74, 6) is 0. The van der Waals surface area contributed by atoms with Gasteiger partial charge in [0.2, 0.25) is 11.2 Å². The Kier molecular flexibility index (Phi) is 4.35. The van der Waals surface area contributed by atoms with Crippen LogP contribution in [-0.4, -0.2) is 27.2 Å². The van der Waals surface area contributed by atoms with Crippen molar-refractivity contribution >= 4 is 16.6 Å². The minimum Gasteiger partial charge on any atom is -0.378 e. The number of H-pyrrole nitrogens is 1. The molecule has 0 fully saturated rings. The quantitative estimate of drug-likeness (QED) is 0.739. The van der Waals surface area contributed by atoms with Gasteiger partial charge in [0.15, 0.2) is 0 Å². The summed E-state index contributed by atoms with van der Waals surface area (Å²) in [4.78, 5) is 4.98. The summed E-state index contributed by atoms with van der Waals surface area (Å²) in [6.45, 7) is 2.05. The highest BCUT2D eigenvalue weighted by Crippen LogP contribution is 2.25. The molecule has 0 amide bonds. The highest BCUT2D eigenvalue weighted by atomic mass is 15.1. The molecule has 0 aliphatic rings. The number of aromatic nitrogens is 1. The van der Waals surface area contributed by atoms with Crippen LogP contribution in [0.15, 0.2) is 60.7 Å². The van der Waals surface area contributed by atoms with Gasteiger partial charge in [-0.15, -0.1) is 0 Å². The van der Waals surface area contributed by atoms with E-state index < -0.39 is 0 Å². The van der Waals surface area contributed by atoms with Gasteiger partial charge in [-0.05, 0) is 18.2 Å². The number of anilines is 1. The van der Waals surface area contributed by atoms with Gasteiger partial charge in [-0.1, -0.05) is 30.3 Å². The third-order valence-corrected chi connectivity index (χ3v) is 3.80. The van der Waals surface area contributed by atoms with Crippen LogP contribution in [0.3, 0.4) is 0 Å². The lowest BCUT2D eigenvalue weighted by molar-refractivity contribution is -0.856. The molecule has 112 valence electrons. The van der Waals surface area contributed by atoms with Gasteiger partial charge in [-0.3, -0.25) is 0 Å². The molecule has 0 bridgehead atoms. The normalized spacial score (nSPS) is 11.0. The summed E-state index contributed by atoms with van der Waals surface area (Å²) in [7, 11) is 4.35. The molecule has 3 rings (SSSR count). The van der Waals surface area contributed by atoms with Gasteiger partial charge in [0.25, 0.3) is 0 Å². The predicted octanol–water partition coefficient (Wildman–Crippen LogP) is 1.88. The maximum absolute atomic E-state index is 3.59. The number of hydrogen-bond acceptors (Lipinski definition) is 1. The number of pyridine rings is 1. The molecule has 1 aromatic heterocycles. The van der Waals surface area contributed by atoms with Crippen LogP contribution in [-0.2, 0) is 0 Å². The zero-order valence-corrected chi connectivity index (χ0v) is 13.2. The highest BCUT2D eigenvalue weighted by molar-refractivity contribution is 5.90. The van der Waals surface area contributed by atoms with Crippen molar-refractivity contribution in [2.75, 3.05) is 32.5 Å². The van der Waals surface area contributed by atoms with E-state index in [9.17, 15) is 0 Å². The molecule has 2 aromatic carbocycles. The Morgan fingerprint density at radius 2 is 1.68 bits per heavy atom. The van der Waals surface area contributed by atoms with Crippen LogP contribution in [0.1, 0.15) is 0 Å². The fraction of sp³-hybridized carbons (Fsp3) is 0.211. The average Bonchev–Trinajstić information content (AvgIpc) is 2.55. The molecule has 3 aromatic rings. The van der Waals surface area contributed by atoms with Crippen molar-refractivity contribution in [1.29, 1.82) is 0 Å². The third kappa shape index (κ3) is 3.26. The first-order valence-corrected chi connectivity index (χ1v) is 7.77. The van der Waals surface area contributed by atoms with Crippen LogP contribution in [0, 0.1) is 0 Å². The topological polar surface area (TPSA) is 30.6 Å². The Balaban J connectivity index is 2.01. The zero-order chi connectivity index (χ0) is 15.4. The fourth-order valence-electron chi connectivity index (χ4n) is 2.60. The lowest BCUT2D eigenvalue weighted by Gasteiger charge is -2.11. The van der Waals surface area contributed by atoms with Gasteiger partial charge in [0, 0.05) is 17.7 Å². The molecule has 0 aliphatic heterocycles. The number of aromatic amines is 1. The summed E-state index contributed by atoms with van der Waals surface area (Å²) in [6, 6.07) is 21.1. The number of hydrogen-bond donors (Lipinski definition) is 2. The Hall–Kier alpha value is -2.39. The molecular formula is C19H23N3+2. The molecule has 0 spiro atoms. The van der Waals surface area contributed by atoms with Gasteiger partial charge in [-0.25, -0.2) is 4.98 Å². The minimum atomic E-state index is 0.963. The molecule has 3 heteroatoms. The van der Waals surface area contributed by atoms with E-state index in [1.165, 1.54) is 21.5 Å². The molecule has 0 aliphatic carbocycles. The number of rotatable bonds is 5. The highest BCUT2D eigenvalue weighted by Gasteiger charge is 2.12. The Labute approximate surface area is 131 Å². The molecule has 0 radical (unpaired) electrons. The number of para-hydroxylation sites is 1. The molecule has 0 saturated heterocycles. The van der Waals surface area contributed by atoms with E-state index in [4.69, 9.17) is 0 Å². The van der Waals surface area contributed by atoms with Gasteiger partial charge in [0.05, 0.1) is 38.3 Å². The largest absolute Gasteiger partial charge is 0.378 e. The van der Waals surface area contributed by atoms with Crippen LogP contribution in [0.25, 0.3) is 22.2 Å². The molecular weight excluding hydrogens is 270 g/mol. The standard InChI is InChI=1S/C19H21N3/c1-22(2)13-12-20-19-14-18(15-8-4-3-5-9-15)21-17-11-7-6-10-16(17)19/h3-11,14H,12-13H2,1-2H3,(H,20,21)/p+2. The van der Waals surface area contributed by atoms with Gasteiger partial charge in [-0.2, -0.15) is 0 Å². The van der Waals surface area contributed by atoms with Crippen LogP contribution >= 0.6 is 0 Å². The van der Waals surface area contributed by atoms with Crippen molar-refractivity contribution in [3.05, 3.63) is 60.7 Å². The Bertz CT molecular complexity index is 751. The second-order valence-electron chi connectivity index (χ2n) is 5.89. The van der Waals surface area contributed by atoms with Crippen LogP contribution in [0.5, 0.6) is 0 Å². The van der Waals surface area contributed by atoms with Crippen LogP contribution < -0.4 is 15.2 Å². The predicted molar refractivity (Wildman–Crippen MR) is 92.1 cm³/mol. The van der Waals surface area contributed by atoms with E-state index in [2.05, 4.69) is 79.0 Å². The average molecular weight is 293 g/mol. The smallest absolute Gasteiger partial charge is 0.213 e. The van der Waals surface area contributed by atoms with Crippen molar-refractivity contribution in [3.8, 4) is 11.3 Å². The maximum Gasteiger partial charge on any atom is 0.213 e. The second-order valence-corrected chi connectivity index (χ2v) is 5.89. The van der Waals surface area contributed by atoms with Gasteiger partial charge in [0.1, 0.15) is 0 Å². The lowest BCUT2D eigenvalue weighted by Crippen LogP contribution is -3.06. The van der Waals surface area contributed by atoms with E-state index in [1.807, 2.05) is 6.07 Å². The summed E-state index contributed by atoms with van der Waals surface area (Å²) < 4.78 is 0. The van der Waals surface area contributed by atoms with Crippen molar-refractivity contribution in [1.82, 2.24) is 0 Å². The summed E-state index contributed by atoms with van der Waals surface area (Å²) in [5.41, 5.74) is 4.69. The van der Waals surface area contributed by atoms with Crippen LogP contribution in [0.4, 0.5) is 5.69 Å². The maximum atomic E-state index is 3.59. The van der Waals surface area contributed by atoms with Crippen molar-refractivity contribution in [3.63, 3.8) is 0 Å².